The molecule has 92 valence electrons. The molecule has 0 bridgehead atoms. The molecule has 0 radical (unpaired) electrons. The van der Waals surface area contributed by atoms with Crippen molar-refractivity contribution in [2.75, 3.05) is 5.32 Å². The topological polar surface area (TPSA) is 55.4 Å². The second-order valence-corrected chi connectivity index (χ2v) is 3.34. The van der Waals surface area contributed by atoms with Gasteiger partial charge < -0.3 is 10.1 Å². The number of para-hydroxylation sites is 1. The largest absolute Gasteiger partial charge is 0.453 e. The number of carbonyl (C=O) groups excluding carboxylic acids is 2. The number of hydrogen-bond acceptors (Lipinski definition) is 3. The van der Waals surface area contributed by atoms with Crippen molar-refractivity contribution in [1.29, 1.82) is 0 Å². The van der Waals surface area contributed by atoms with Crippen molar-refractivity contribution in [3.8, 4) is 0 Å². The van der Waals surface area contributed by atoms with E-state index in [1.165, 1.54) is 13.0 Å². The van der Waals surface area contributed by atoms with E-state index < -0.39 is 35.3 Å². The molecule has 1 rings (SSSR count). The molecule has 0 aromatic heterocycles. The lowest BCUT2D eigenvalue weighted by Gasteiger charge is -2.12. The molecule has 1 amide bonds. The Bertz CT molecular complexity index is 428. The Morgan fingerprint density at radius 3 is 2.29 bits per heavy atom. The smallest absolute Gasteiger partial charge is 0.303 e. The summed E-state index contributed by atoms with van der Waals surface area (Å²) in [5.41, 5.74) is -0.559. The van der Waals surface area contributed by atoms with Gasteiger partial charge in [-0.25, -0.2) is 8.78 Å². The highest BCUT2D eigenvalue weighted by Gasteiger charge is 2.19. The normalized spacial score (nSPS) is 11.8. The summed E-state index contributed by atoms with van der Waals surface area (Å²) in [5, 5.41) is 2.02. The lowest BCUT2D eigenvalue weighted by atomic mass is 10.2. The van der Waals surface area contributed by atoms with E-state index in [4.69, 9.17) is 0 Å². The Morgan fingerprint density at radius 2 is 1.82 bits per heavy atom. The maximum absolute atomic E-state index is 13.2. The summed E-state index contributed by atoms with van der Waals surface area (Å²) in [5.74, 6) is -3.24. The van der Waals surface area contributed by atoms with Crippen LogP contribution in [0.1, 0.15) is 13.8 Å². The third kappa shape index (κ3) is 3.51. The second kappa shape index (κ2) is 5.38. The average molecular weight is 243 g/mol. The highest BCUT2D eigenvalue weighted by molar-refractivity contribution is 5.95. The van der Waals surface area contributed by atoms with Gasteiger partial charge in [0.15, 0.2) is 6.10 Å². The minimum atomic E-state index is -1.12. The molecule has 1 N–H and O–H groups in total. The van der Waals surface area contributed by atoms with Crippen LogP contribution in [0, 0.1) is 11.6 Å². The minimum Gasteiger partial charge on any atom is -0.453 e. The molecule has 0 aliphatic heterocycles. The van der Waals surface area contributed by atoms with E-state index >= 15 is 0 Å². The summed E-state index contributed by atoms with van der Waals surface area (Å²) in [4.78, 5) is 22.0. The summed E-state index contributed by atoms with van der Waals surface area (Å²) >= 11 is 0. The number of halogens is 2. The van der Waals surface area contributed by atoms with E-state index in [-0.39, 0.29) is 0 Å². The van der Waals surface area contributed by atoms with Crippen molar-refractivity contribution in [1.82, 2.24) is 0 Å². The van der Waals surface area contributed by atoms with Gasteiger partial charge in [0.25, 0.3) is 5.91 Å². The predicted molar refractivity (Wildman–Crippen MR) is 56.2 cm³/mol. The highest BCUT2D eigenvalue weighted by atomic mass is 19.1. The molecule has 0 aliphatic rings. The zero-order chi connectivity index (χ0) is 13.0. The molecule has 4 nitrogen and oxygen atoms in total. The number of rotatable bonds is 3. The third-order valence-electron chi connectivity index (χ3n) is 1.92. The van der Waals surface area contributed by atoms with Crippen LogP contribution >= 0.6 is 0 Å². The molecule has 0 saturated heterocycles. The third-order valence-corrected chi connectivity index (χ3v) is 1.92. The van der Waals surface area contributed by atoms with Crippen LogP contribution in [0.15, 0.2) is 18.2 Å². The van der Waals surface area contributed by atoms with Crippen LogP contribution in [0.5, 0.6) is 0 Å². The summed E-state index contributed by atoms with van der Waals surface area (Å²) in [6.45, 7) is 2.43. The SMILES string of the molecule is CC(=O)O[C@@H](C)C(=O)Nc1c(F)cccc1F. The van der Waals surface area contributed by atoms with E-state index in [1.807, 2.05) is 5.32 Å². The number of anilines is 1. The first kappa shape index (κ1) is 13.1. The van der Waals surface area contributed by atoms with Crippen LogP contribution in [0.2, 0.25) is 0 Å². The summed E-state index contributed by atoms with van der Waals surface area (Å²) in [6, 6.07) is 3.19. The molecule has 1 aromatic carbocycles. The molecule has 0 heterocycles. The van der Waals surface area contributed by atoms with Gasteiger partial charge in [0.1, 0.15) is 17.3 Å². The van der Waals surface area contributed by atoms with Crippen molar-refractivity contribution in [2.24, 2.45) is 0 Å². The molecule has 17 heavy (non-hydrogen) atoms. The van der Waals surface area contributed by atoms with Gasteiger partial charge in [0, 0.05) is 6.92 Å². The first-order valence-electron chi connectivity index (χ1n) is 4.84. The van der Waals surface area contributed by atoms with Crippen molar-refractivity contribution in [2.45, 2.75) is 20.0 Å². The Kier molecular flexibility index (Phi) is 4.14. The first-order valence-corrected chi connectivity index (χ1v) is 4.84. The average Bonchev–Trinajstić information content (AvgIpc) is 2.22. The molecular formula is C11H11F2NO3. The number of hydrogen-bond donors (Lipinski definition) is 1. The zero-order valence-electron chi connectivity index (χ0n) is 9.29. The number of nitrogens with one attached hydrogen (secondary N) is 1. The van der Waals surface area contributed by atoms with Crippen LogP contribution in [0.25, 0.3) is 0 Å². The van der Waals surface area contributed by atoms with Gasteiger partial charge in [-0.15, -0.1) is 0 Å². The number of benzene rings is 1. The van der Waals surface area contributed by atoms with Crippen LogP contribution in [-0.4, -0.2) is 18.0 Å². The number of esters is 1. The maximum atomic E-state index is 13.2. The molecule has 0 spiro atoms. The van der Waals surface area contributed by atoms with Crippen LogP contribution in [0.3, 0.4) is 0 Å². The van der Waals surface area contributed by atoms with E-state index in [2.05, 4.69) is 4.74 Å². The van der Waals surface area contributed by atoms with Crippen molar-refractivity contribution in [3.63, 3.8) is 0 Å². The Morgan fingerprint density at radius 1 is 1.29 bits per heavy atom. The van der Waals surface area contributed by atoms with Crippen LogP contribution in [0.4, 0.5) is 14.5 Å². The van der Waals surface area contributed by atoms with Crippen LogP contribution < -0.4 is 5.32 Å². The van der Waals surface area contributed by atoms with Gasteiger partial charge in [-0.05, 0) is 19.1 Å². The van der Waals surface area contributed by atoms with Crippen LogP contribution in [-0.2, 0) is 14.3 Å². The predicted octanol–water partition coefficient (Wildman–Crippen LogP) is 1.85. The van der Waals surface area contributed by atoms with Gasteiger partial charge in [0.05, 0.1) is 0 Å². The lowest BCUT2D eigenvalue weighted by molar-refractivity contribution is -0.150. The molecule has 1 atom stereocenters. The Balaban J connectivity index is 2.78. The van der Waals surface area contributed by atoms with Gasteiger partial charge in [0.2, 0.25) is 0 Å². The Hall–Kier alpha value is -1.98. The molecule has 0 saturated carbocycles. The fraction of sp³-hybridized carbons (Fsp3) is 0.273. The summed E-state index contributed by atoms with van der Waals surface area (Å²) in [7, 11) is 0. The van der Waals surface area contributed by atoms with E-state index in [9.17, 15) is 18.4 Å². The molecule has 0 aliphatic carbocycles. The van der Waals surface area contributed by atoms with E-state index in [1.54, 1.807) is 0 Å². The van der Waals surface area contributed by atoms with Gasteiger partial charge in [-0.3, -0.25) is 9.59 Å². The fourth-order valence-electron chi connectivity index (χ4n) is 1.14. The number of carbonyl (C=O) groups is 2. The van der Waals surface area contributed by atoms with Crippen molar-refractivity contribution < 1.29 is 23.1 Å². The van der Waals surface area contributed by atoms with Gasteiger partial charge in [-0.2, -0.15) is 0 Å². The quantitative estimate of drug-likeness (QED) is 0.824. The molecule has 0 unspecified atom stereocenters. The summed E-state index contributed by atoms with van der Waals surface area (Å²) < 4.78 is 30.9. The standard InChI is InChI=1S/C11H11F2NO3/c1-6(17-7(2)15)11(16)14-10-8(12)4-3-5-9(10)13/h3-6H,1-2H3,(H,14,16)/t6-/m0/s1. The van der Waals surface area contributed by atoms with Crippen molar-refractivity contribution >= 4 is 17.6 Å². The molecule has 0 fully saturated rings. The van der Waals surface area contributed by atoms with E-state index in [0.29, 0.717) is 0 Å². The highest BCUT2D eigenvalue weighted by Crippen LogP contribution is 2.18. The second-order valence-electron chi connectivity index (χ2n) is 3.34. The fourth-order valence-corrected chi connectivity index (χ4v) is 1.14. The maximum Gasteiger partial charge on any atom is 0.303 e. The van der Waals surface area contributed by atoms with Gasteiger partial charge >= 0.3 is 5.97 Å². The number of ether oxygens (including phenoxy) is 1. The van der Waals surface area contributed by atoms with Gasteiger partial charge in [-0.1, -0.05) is 6.07 Å². The summed E-state index contributed by atoms with van der Waals surface area (Å²) in [6.07, 6.45) is -1.12. The van der Waals surface area contributed by atoms with Crippen molar-refractivity contribution in [3.05, 3.63) is 29.8 Å². The molecule has 1 aromatic rings. The zero-order valence-corrected chi connectivity index (χ0v) is 9.29. The lowest BCUT2D eigenvalue weighted by Crippen LogP contribution is -2.29. The molecular weight excluding hydrogens is 232 g/mol. The minimum absolute atomic E-state index is 0.559. The molecule has 6 heteroatoms. The van der Waals surface area contributed by atoms with E-state index in [0.717, 1.165) is 19.1 Å². The first-order chi connectivity index (χ1) is 7.91. The monoisotopic (exact) mass is 243 g/mol. The Labute approximate surface area is 96.6 Å². The number of amides is 1.